The molecular formula is C13H12BrClO3. The Morgan fingerprint density at radius 1 is 1.56 bits per heavy atom. The van der Waals surface area contributed by atoms with Gasteiger partial charge in [0.15, 0.2) is 0 Å². The van der Waals surface area contributed by atoms with E-state index < -0.39 is 5.97 Å². The van der Waals surface area contributed by atoms with E-state index in [1.165, 1.54) is 11.6 Å². The van der Waals surface area contributed by atoms with Crippen LogP contribution in [0.3, 0.4) is 0 Å². The molecule has 0 aliphatic carbocycles. The van der Waals surface area contributed by atoms with Gasteiger partial charge in [-0.25, -0.2) is 4.79 Å². The molecule has 0 amide bonds. The molecule has 1 N–H and O–H groups in total. The summed E-state index contributed by atoms with van der Waals surface area (Å²) in [6, 6.07) is 5.33. The third kappa shape index (κ3) is 4.94. The van der Waals surface area contributed by atoms with Crippen LogP contribution in [-0.2, 0) is 4.79 Å². The summed E-state index contributed by atoms with van der Waals surface area (Å²) in [5.41, 5.74) is 3.16. The fourth-order valence-corrected chi connectivity index (χ4v) is 1.70. The van der Waals surface area contributed by atoms with Crippen LogP contribution in [0.4, 0.5) is 0 Å². The van der Waals surface area contributed by atoms with E-state index in [2.05, 4.69) is 15.9 Å². The lowest BCUT2D eigenvalue weighted by Crippen LogP contribution is -1.98. The molecule has 0 radical (unpaired) electrons. The minimum atomic E-state index is -0.977. The lowest BCUT2D eigenvalue weighted by Gasteiger charge is -2.08. The zero-order valence-electron chi connectivity index (χ0n) is 9.69. The van der Waals surface area contributed by atoms with Crippen molar-refractivity contribution in [1.29, 1.82) is 0 Å². The van der Waals surface area contributed by atoms with Crippen LogP contribution in [0.25, 0.3) is 6.08 Å². The molecule has 0 atom stereocenters. The molecule has 0 bridgehead atoms. The number of carboxylic acids is 1. The summed E-state index contributed by atoms with van der Waals surface area (Å²) in [5, 5.41) is 8.53. The predicted molar refractivity (Wildman–Crippen MR) is 75.9 cm³/mol. The van der Waals surface area contributed by atoms with Gasteiger partial charge in [-0.1, -0.05) is 17.7 Å². The predicted octanol–water partition coefficient (Wildman–Crippen LogP) is 4.07. The molecule has 0 aliphatic rings. The molecule has 0 saturated carbocycles. The molecule has 0 fully saturated rings. The molecular weight excluding hydrogens is 319 g/mol. The van der Waals surface area contributed by atoms with Crippen molar-refractivity contribution in [2.24, 2.45) is 0 Å². The highest BCUT2D eigenvalue weighted by molar-refractivity contribution is 9.10. The number of halogens is 2. The Morgan fingerprint density at radius 3 is 2.83 bits per heavy atom. The summed E-state index contributed by atoms with van der Waals surface area (Å²) in [5.74, 6) is -0.297. The molecule has 0 aromatic heterocycles. The Hall–Kier alpha value is -1.26. The highest BCUT2D eigenvalue weighted by Gasteiger charge is 2.02. The van der Waals surface area contributed by atoms with Gasteiger partial charge in [0.25, 0.3) is 0 Å². The SMILES string of the molecule is C/C(=C/Cl)COc1ccc(/C=C/C(=O)O)cc1Br. The van der Waals surface area contributed by atoms with E-state index in [4.69, 9.17) is 21.4 Å². The molecule has 96 valence electrons. The summed E-state index contributed by atoms with van der Waals surface area (Å²) in [4.78, 5) is 10.4. The zero-order chi connectivity index (χ0) is 13.5. The lowest BCUT2D eigenvalue weighted by molar-refractivity contribution is -0.131. The normalized spacial score (nSPS) is 11.8. The minimum Gasteiger partial charge on any atom is -0.488 e. The Balaban J connectivity index is 2.76. The average Bonchev–Trinajstić information content (AvgIpc) is 2.34. The number of carboxylic acid groups (broad SMARTS) is 1. The van der Waals surface area contributed by atoms with Crippen LogP contribution >= 0.6 is 27.5 Å². The molecule has 0 spiro atoms. The van der Waals surface area contributed by atoms with Gasteiger partial charge in [0.2, 0.25) is 0 Å². The Kier molecular flexibility index (Phi) is 5.95. The van der Waals surface area contributed by atoms with Crippen LogP contribution < -0.4 is 4.74 Å². The van der Waals surface area contributed by atoms with E-state index in [1.807, 2.05) is 6.92 Å². The first kappa shape index (κ1) is 14.8. The quantitative estimate of drug-likeness (QED) is 0.827. The first-order chi connectivity index (χ1) is 8.52. The number of rotatable bonds is 5. The van der Waals surface area contributed by atoms with E-state index in [0.717, 1.165) is 21.7 Å². The van der Waals surface area contributed by atoms with Gasteiger partial charge in [0.05, 0.1) is 4.47 Å². The van der Waals surface area contributed by atoms with Crippen molar-refractivity contribution in [1.82, 2.24) is 0 Å². The molecule has 1 rings (SSSR count). The van der Waals surface area contributed by atoms with Gasteiger partial charge in [0.1, 0.15) is 12.4 Å². The molecule has 0 unspecified atom stereocenters. The van der Waals surface area contributed by atoms with Crippen LogP contribution in [0.5, 0.6) is 5.75 Å². The Labute approximate surface area is 119 Å². The van der Waals surface area contributed by atoms with Gasteiger partial charge in [-0.15, -0.1) is 0 Å². The number of ether oxygens (including phenoxy) is 1. The second-order valence-electron chi connectivity index (χ2n) is 3.61. The largest absolute Gasteiger partial charge is 0.488 e. The van der Waals surface area contributed by atoms with Crippen molar-refractivity contribution >= 4 is 39.6 Å². The molecule has 5 heteroatoms. The Morgan fingerprint density at radius 2 is 2.28 bits per heavy atom. The number of aliphatic carboxylic acids is 1. The molecule has 1 aromatic carbocycles. The maximum Gasteiger partial charge on any atom is 0.328 e. The minimum absolute atomic E-state index is 0.409. The second-order valence-corrected chi connectivity index (χ2v) is 4.68. The molecule has 1 aromatic rings. The highest BCUT2D eigenvalue weighted by atomic mass is 79.9. The van der Waals surface area contributed by atoms with E-state index >= 15 is 0 Å². The van der Waals surface area contributed by atoms with Crippen molar-refractivity contribution in [3.8, 4) is 5.75 Å². The molecule has 0 aliphatic heterocycles. The molecule has 0 heterocycles. The maximum atomic E-state index is 10.4. The number of hydrogen-bond acceptors (Lipinski definition) is 2. The summed E-state index contributed by atoms with van der Waals surface area (Å²) in [6.07, 6.45) is 2.60. The van der Waals surface area contributed by atoms with Crippen molar-refractivity contribution in [2.75, 3.05) is 6.61 Å². The van der Waals surface area contributed by atoms with Crippen molar-refractivity contribution in [3.05, 3.63) is 45.4 Å². The van der Waals surface area contributed by atoms with Gasteiger partial charge >= 0.3 is 5.97 Å². The summed E-state index contributed by atoms with van der Waals surface area (Å²) >= 11 is 8.90. The monoisotopic (exact) mass is 330 g/mol. The number of hydrogen-bond donors (Lipinski definition) is 1. The van der Waals surface area contributed by atoms with Crippen LogP contribution in [-0.4, -0.2) is 17.7 Å². The first-order valence-electron chi connectivity index (χ1n) is 5.12. The summed E-state index contributed by atoms with van der Waals surface area (Å²) in [6.45, 7) is 2.28. The fourth-order valence-electron chi connectivity index (χ4n) is 1.13. The van der Waals surface area contributed by atoms with Crippen LogP contribution in [0, 0.1) is 0 Å². The van der Waals surface area contributed by atoms with Gasteiger partial charge in [-0.05, 0) is 52.2 Å². The van der Waals surface area contributed by atoms with Gasteiger partial charge < -0.3 is 9.84 Å². The zero-order valence-corrected chi connectivity index (χ0v) is 12.0. The maximum absolute atomic E-state index is 10.4. The highest BCUT2D eigenvalue weighted by Crippen LogP contribution is 2.26. The van der Waals surface area contributed by atoms with E-state index in [-0.39, 0.29) is 0 Å². The van der Waals surface area contributed by atoms with Crippen molar-refractivity contribution in [3.63, 3.8) is 0 Å². The average molecular weight is 332 g/mol. The van der Waals surface area contributed by atoms with Gasteiger partial charge in [-0.2, -0.15) is 0 Å². The topological polar surface area (TPSA) is 46.5 Å². The third-order valence-electron chi connectivity index (χ3n) is 2.02. The van der Waals surface area contributed by atoms with Gasteiger partial charge in [0, 0.05) is 11.6 Å². The number of benzene rings is 1. The lowest BCUT2D eigenvalue weighted by atomic mass is 10.2. The standard InChI is InChI=1S/C13H12BrClO3/c1-9(7-15)8-18-12-4-2-10(6-11(12)14)3-5-13(16)17/h2-7H,8H2,1H3,(H,16,17)/b5-3+,9-7-. The fraction of sp³-hybridized carbons (Fsp3) is 0.154. The van der Waals surface area contributed by atoms with E-state index in [0.29, 0.717) is 12.4 Å². The van der Waals surface area contributed by atoms with E-state index in [1.54, 1.807) is 18.2 Å². The Bertz CT molecular complexity index is 495. The van der Waals surface area contributed by atoms with Crippen LogP contribution in [0.15, 0.2) is 39.9 Å². The second kappa shape index (κ2) is 7.24. The van der Waals surface area contributed by atoms with Crippen molar-refractivity contribution in [2.45, 2.75) is 6.92 Å². The van der Waals surface area contributed by atoms with E-state index in [9.17, 15) is 4.79 Å². The van der Waals surface area contributed by atoms with Crippen LogP contribution in [0.1, 0.15) is 12.5 Å². The number of carbonyl (C=O) groups is 1. The first-order valence-corrected chi connectivity index (χ1v) is 6.35. The molecule has 0 saturated heterocycles. The molecule has 18 heavy (non-hydrogen) atoms. The smallest absolute Gasteiger partial charge is 0.328 e. The third-order valence-corrected chi connectivity index (χ3v) is 3.01. The van der Waals surface area contributed by atoms with Gasteiger partial charge in [-0.3, -0.25) is 0 Å². The van der Waals surface area contributed by atoms with Crippen LogP contribution in [0.2, 0.25) is 0 Å². The van der Waals surface area contributed by atoms with Crippen molar-refractivity contribution < 1.29 is 14.6 Å². The summed E-state index contributed by atoms with van der Waals surface area (Å²) in [7, 11) is 0. The molecule has 3 nitrogen and oxygen atoms in total. The summed E-state index contributed by atoms with van der Waals surface area (Å²) < 4.78 is 6.29.